The van der Waals surface area contributed by atoms with Gasteiger partial charge in [0.15, 0.2) is 0 Å². The fourth-order valence-corrected chi connectivity index (χ4v) is 4.49. The average molecular weight is 248 g/mol. The van der Waals surface area contributed by atoms with Crippen molar-refractivity contribution in [3.8, 4) is 0 Å². The maximum atomic E-state index is 12.4. The van der Waals surface area contributed by atoms with E-state index in [0.29, 0.717) is 6.16 Å². The molecule has 1 aliphatic heterocycles. The second-order valence-corrected chi connectivity index (χ2v) is 8.88. The van der Waals surface area contributed by atoms with Gasteiger partial charge in [-0.3, -0.25) is 13.6 Å². The summed E-state index contributed by atoms with van der Waals surface area (Å²) >= 11 is 0. The first-order valence-corrected chi connectivity index (χ1v) is 7.60. The predicted octanol–water partition coefficient (Wildman–Crippen LogP) is 4.22. The Balaban J connectivity index is 2.74. The van der Waals surface area contributed by atoms with E-state index in [1.807, 2.05) is 27.7 Å². The zero-order valence-electron chi connectivity index (χ0n) is 11.6. The van der Waals surface area contributed by atoms with E-state index >= 15 is 0 Å². The van der Waals surface area contributed by atoms with Crippen molar-refractivity contribution < 1.29 is 13.6 Å². The number of rotatable bonds is 2. The number of hydrogen-bond donors (Lipinski definition) is 0. The minimum Gasteiger partial charge on any atom is -0.299 e. The molecule has 0 N–H and O–H groups in total. The van der Waals surface area contributed by atoms with Crippen molar-refractivity contribution in [1.82, 2.24) is 0 Å². The van der Waals surface area contributed by atoms with Gasteiger partial charge in [-0.25, -0.2) is 0 Å². The van der Waals surface area contributed by atoms with Crippen LogP contribution in [0.25, 0.3) is 0 Å². The molecule has 3 nitrogen and oxygen atoms in total. The molecule has 0 unspecified atom stereocenters. The van der Waals surface area contributed by atoms with E-state index < -0.39 is 18.8 Å². The van der Waals surface area contributed by atoms with E-state index in [4.69, 9.17) is 9.05 Å². The summed E-state index contributed by atoms with van der Waals surface area (Å²) in [5, 5.41) is 0. The molecule has 1 heterocycles. The molecule has 16 heavy (non-hydrogen) atoms. The van der Waals surface area contributed by atoms with Crippen LogP contribution in [0.5, 0.6) is 0 Å². The topological polar surface area (TPSA) is 35.5 Å². The third-order valence-electron chi connectivity index (χ3n) is 3.32. The van der Waals surface area contributed by atoms with Crippen molar-refractivity contribution in [2.24, 2.45) is 5.41 Å². The van der Waals surface area contributed by atoms with Crippen LogP contribution in [0.3, 0.4) is 0 Å². The summed E-state index contributed by atoms with van der Waals surface area (Å²) in [4.78, 5) is 0. The zero-order valence-corrected chi connectivity index (χ0v) is 12.5. The predicted molar refractivity (Wildman–Crippen MR) is 66.9 cm³/mol. The normalized spacial score (nSPS) is 26.9. The first-order valence-electron chi connectivity index (χ1n) is 5.88. The standard InChI is InChI=1S/C12H25O3P/c1-10(2,3)8-9-16(13)14-11(4,5)12(6,7)15-16/h8-9H2,1-7H3. The van der Waals surface area contributed by atoms with Crippen LogP contribution < -0.4 is 0 Å². The second kappa shape index (κ2) is 3.83. The highest BCUT2D eigenvalue weighted by atomic mass is 31.2. The van der Waals surface area contributed by atoms with E-state index in [1.165, 1.54) is 0 Å². The summed E-state index contributed by atoms with van der Waals surface area (Å²) in [7, 11) is -2.91. The molecular weight excluding hydrogens is 223 g/mol. The summed E-state index contributed by atoms with van der Waals surface area (Å²) in [5.41, 5.74) is -0.818. The molecule has 0 radical (unpaired) electrons. The van der Waals surface area contributed by atoms with Gasteiger partial charge in [-0.15, -0.1) is 0 Å². The number of hydrogen-bond acceptors (Lipinski definition) is 3. The highest BCUT2D eigenvalue weighted by Crippen LogP contribution is 2.64. The Morgan fingerprint density at radius 2 is 1.38 bits per heavy atom. The average Bonchev–Trinajstić information content (AvgIpc) is 2.12. The molecule has 0 spiro atoms. The first kappa shape index (κ1) is 14.2. The molecule has 0 aliphatic carbocycles. The van der Waals surface area contributed by atoms with E-state index in [1.54, 1.807) is 0 Å². The molecule has 96 valence electrons. The van der Waals surface area contributed by atoms with Crippen LogP contribution in [0.2, 0.25) is 0 Å². The van der Waals surface area contributed by atoms with E-state index in [9.17, 15) is 4.57 Å². The Hall–Kier alpha value is 0.150. The van der Waals surface area contributed by atoms with Crippen LogP contribution in [0.4, 0.5) is 0 Å². The van der Waals surface area contributed by atoms with Gasteiger partial charge in [0.05, 0.1) is 6.16 Å². The summed E-state index contributed by atoms with van der Waals surface area (Å²) in [6.07, 6.45) is 1.35. The van der Waals surface area contributed by atoms with Crippen molar-refractivity contribution in [3.63, 3.8) is 0 Å². The molecule has 1 aliphatic rings. The maximum Gasteiger partial charge on any atom is 0.331 e. The Kier molecular flexibility index (Phi) is 3.40. The molecule has 1 fully saturated rings. The molecule has 4 heteroatoms. The minimum absolute atomic E-state index is 0.154. The Labute approximate surface area is 99.4 Å². The van der Waals surface area contributed by atoms with Crippen LogP contribution in [0, 0.1) is 5.41 Å². The third-order valence-corrected chi connectivity index (χ3v) is 5.56. The van der Waals surface area contributed by atoms with Gasteiger partial charge < -0.3 is 0 Å². The SMILES string of the molecule is CC(C)(C)CCP1(=O)OC(C)(C)C(C)(C)O1. The largest absolute Gasteiger partial charge is 0.331 e. The summed E-state index contributed by atoms with van der Waals surface area (Å²) in [6.45, 7) is 14.1. The molecule has 0 atom stereocenters. The Bertz CT molecular complexity index is 293. The fraction of sp³-hybridized carbons (Fsp3) is 1.00. The van der Waals surface area contributed by atoms with Crippen LogP contribution >= 0.6 is 7.60 Å². The molecule has 1 rings (SSSR count). The molecule has 0 aromatic rings. The van der Waals surface area contributed by atoms with Gasteiger partial charge in [0.25, 0.3) is 0 Å². The smallest absolute Gasteiger partial charge is 0.299 e. The van der Waals surface area contributed by atoms with Gasteiger partial charge in [0.2, 0.25) is 0 Å². The fourth-order valence-electron chi connectivity index (χ4n) is 1.50. The van der Waals surface area contributed by atoms with Crippen LogP contribution in [0.15, 0.2) is 0 Å². The van der Waals surface area contributed by atoms with Gasteiger partial charge in [-0.1, -0.05) is 20.8 Å². The van der Waals surface area contributed by atoms with Crippen molar-refractivity contribution >= 4 is 7.60 Å². The lowest BCUT2D eigenvalue weighted by atomic mass is 9.90. The van der Waals surface area contributed by atoms with Gasteiger partial charge in [0.1, 0.15) is 11.2 Å². The monoisotopic (exact) mass is 248 g/mol. The molecule has 1 saturated heterocycles. The summed E-state index contributed by atoms with van der Waals surface area (Å²) in [6, 6.07) is 0. The molecular formula is C12H25O3P. The van der Waals surface area contributed by atoms with Crippen molar-refractivity contribution in [2.75, 3.05) is 6.16 Å². The highest BCUT2D eigenvalue weighted by molar-refractivity contribution is 7.54. The molecule has 0 aromatic carbocycles. The van der Waals surface area contributed by atoms with Gasteiger partial charge in [0, 0.05) is 0 Å². The Morgan fingerprint density at radius 3 is 1.69 bits per heavy atom. The second-order valence-electron chi connectivity index (χ2n) is 6.85. The lowest BCUT2D eigenvalue weighted by Crippen LogP contribution is -2.41. The zero-order chi connectivity index (χ0) is 12.8. The molecule has 0 amide bonds. The molecule has 0 bridgehead atoms. The van der Waals surface area contributed by atoms with Crippen LogP contribution in [0.1, 0.15) is 54.9 Å². The van der Waals surface area contributed by atoms with Crippen molar-refractivity contribution in [3.05, 3.63) is 0 Å². The van der Waals surface area contributed by atoms with Crippen molar-refractivity contribution in [1.29, 1.82) is 0 Å². The highest BCUT2D eigenvalue weighted by Gasteiger charge is 2.55. The van der Waals surface area contributed by atoms with Gasteiger partial charge in [-0.05, 0) is 39.5 Å². The Morgan fingerprint density at radius 1 is 1.00 bits per heavy atom. The lowest BCUT2D eigenvalue weighted by molar-refractivity contribution is 0.00578. The summed E-state index contributed by atoms with van der Waals surface area (Å²) < 4.78 is 23.8. The molecule has 0 saturated carbocycles. The third kappa shape index (κ3) is 3.09. The van der Waals surface area contributed by atoms with Crippen LogP contribution in [-0.4, -0.2) is 17.4 Å². The molecule has 0 aromatic heterocycles. The quantitative estimate of drug-likeness (QED) is 0.686. The van der Waals surface area contributed by atoms with E-state index in [2.05, 4.69) is 20.8 Å². The minimum atomic E-state index is -2.91. The lowest BCUT2D eigenvalue weighted by Gasteiger charge is -2.29. The first-order chi connectivity index (χ1) is 6.87. The van der Waals surface area contributed by atoms with Crippen LogP contribution in [-0.2, 0) is 13.6 Å². The van der Waals surface area contributed by atoms with E-state index in [-0.39, 0.29) is 5.41 Å². The van der Waals surface area contributed by atoms with Gasteiger partial charge in [-0.2, -0.15) is 0 Å². The maximum absolute atomic E-state index is 12.4. The summed E-state index contributed by atoms with van der Waals surface area (Å²) in [5.74, 6) is 0. The van der Waals surface area contributed by atoms with Crippen molar-refractivity contribution in [2.45, 2.75) is 66.1 Å². The van der Waals surface area contributed by atoms with Gasteiger partial charge >= 0.3 is 7.60 Å². The van der Waals surface area contributed by atoms with E-state index in [0.717, 1.165) is 6.42 Å².